The van der Waals surface area contributed by atoms with E-state index in [9.17, 15) is 9.59 Å². The zero-order chi connectivity index (χ0) is 16.9. The van der Waals surface area contributed by atoms with Gasteiger partial charge in [0.25, 0.3) is 5.91 Å². The van der Waals surface area contributed by atoms with Crippen LogP contribution in [0, 0.1) is 0 Å². The zero-order valence-electron chi connectivity index (χ0n) is 11.9. The molecule has 122 valence electrons. The second kappa shape index (κ2) is 8.15. The minimum absolute atomic E-state index is 0.100. The number of amides is 2. The fourth-order valence-electron chi connectivity index (χ4n) is 1.46. The average Bonchev–Trinajstić information content (AvgIpc) is 2.34. The molecule has 0 aromatic heterocycles. The normalized spacial score (nSPS) is 11.1. The first kappa shape index (κ1) is 19.2. The zero-order valence-corrected chi connectivity index (χ0v) is 15.0. The molecule has 0 heterocycles. The van der Waals surface area contributed by atoms with Crippen molar-refractivity contribution in [2.24, 2.45) is 5.73 Å². The number of ether oxygens (including phenoxy) is 1. The van der Waals surface area contributed by atoms with Gasteiger partial charge in [0, 0.05) is 5.02 Å². The SMILES string of the molecule is CC(C)(NC(=O)COc1c(Cl)cc(Cl)cc1Cl)SCC(N)=O. The van der Waals surface area contributed by atoms with Gasteiger partial charge < -0.3 is 15.8 Å². The Morgan fingerprint density at radius 1 is 1.27 bits per heavy atom. The lowest BCUT2D eigenvalue weighted by Crippen LogP contribution is -2.43. The number of benzene rings is 1. The summed E-state index contributed by atoms with van der Waals surface area (Å²) >= 11 is 18.9. The van der Waals surface area contributed by atoms with Gasteiger partial charge in [-0.1, -0.05) is 34.8 Å². The molecule has 0 saturated carbocycles. The number of nitrogens with two attached hydrogens (primary N) is 1. The van der Waals surface area contributed by atoms with Crippen LogP contribution >= 0.6 is 46.6 Å². The number of rotatable bonds is 7. The highest BCUT2D eigenvalue weighted by atomic mass is 35.5. The van der Waals surface area contributed by atoms with E-state index in [0.717, 1.165) is 0 Å². The Labute approximate surface area is 147 Å². The third kappa shape index (κ3) is 6.52. The van der Waals surface area contributed by atoms with Crippen LogP contribution in [0.15, 0.2) is 12.1 Å². The molecule has 22 heavy (non-hydrogen) atoms. The van der Waals surface area contributed by atoms with Crippen molar-refractivity contribution in [2.45, 2.75) is 18.7 Å². The fourth-order valence-corrected chi connectivity index (χ4v) is 3.08. The van der Waals surface area contributed by atoms with E-state index < -0.39 is 10.8 Å². The van der Waals surface area contributed by atoms with Crippen molar-refractivity contribution >= 4 is 58.4 Å². The van der Waals surface area contributed by atoms with Gasteiger partial charge in [0.05, 0.1) is 20.7 Å². The molecule has 0 fully saturated rings. The van der Waals surface area contributed by atoms with Gasteiger partial charge >= 0.3 is 0 Å². The highest BCUT2D eigenvalue weighted by Gasteiger charge is 2.22. The van der Waals surface area contributed by atoms with Crippen LogP contribution in [-0.4, -0.2) is 29.0 Å². The predicted octanol–water partition coefficient (Wildman–Crippen LogP) is 3.10. The maximum Gasteiger partial charge on any atom is 0.259 e. The summed E-state index contributed by atoms with van der Waals surface area (Å²) in [5.74, 6) is -0.555. The Morgan fingerprint density at radius 3 is 2.32 bits per heavy atom. The lowest BCUT2D eigenvalue weighted by molar-refractivity contribution is -0.124. The van der Waals surface area contributed by atoms with E-state index in [-0.39, 0.29) is 34.1 Å². The van der Waals surface area contributed by atoms with Gasteiger partial charge in [0.15, 0.2) is 12.4 Å². The number of primary amides is 1. The minimum Gasteiger partial charge on any atom is -0.481 e. The van der Waals surface area contributed by atoms with Gasteiger partial charge in [-0.15, -0.1) is 11.8 Å². The van der Waals surface area contributed by atoms with Gasteiger partial charge in [0.2, 0.25) is 5.91 Å². The molecule has 9 heteroatoms. The van der Waals surface area contributed by atoms with Crippen molar-refractivity contribution in [3.63, 3.8) is 0 Å². The Hall–Kier alpha value is -0.820. The van der Waals surface area contributed by atoms with Gasteiger partial charge in [-0.2, -0.15) is 0 Å². The minimum atomic E-state index is -0.664. The molecule has 0 spiro atoms. The summed E-state index contributed by atoms with van der Waals surface area (Å²) in [6, 6.07) is 2.93. The first-order valence-corrected chi connectivity index (χ1v) is 8.23. The van der Waals surface area contributed by atoms with E-state index >= 15 is 0 Å². The summed E-state index contributed by atoms with van der Waals surface area (Å²) in [5.41, 5.74) is 5.07. The summed E-state index contributed by atoms with van der Waals surface area (Å²) in [6.07, 6.45) is 0. The molecule has 2 amide bonds. The number of hydrogen-bond donors (Lipinski definition) is 2. The molecule has 0 atom stereocenters. The highest BCUT2D eigenvalue weighted by molar-refractivity contribution is 8.01. The average molecular weight is 386 g/mol. The predicted molar refractivity (Wildman–Crippen MR) is 90.8 cm³/mol. The van der Waals surface area contributed by atoms with Crippen molar-refractivity contribution < 1.29 is 14.3 Å². The molecular weight excluding hydrogens is 371 g/mol. The van der Waals surface area contributed by atoms with Crippen LogP contribution in [0.2, 0.25) is 15.1 Å². The van der Waals surface area contributed by atoms with E-state index in [4.69, 9.17) is 45.3 Å². The second-order valence-electron chi connectivity index (χ2n) is 4.80. The summed E-state index contributed by atoms with van der Waals surface area (Å²) < 4.78 is 5.32. The summed E-state index contributed by atoms with van der Waals surface area (Å²) in [5, 5.41) is 3.51. The van der Waals surface area contributed by atoms with Crippen LogP contribution in [0.25, 0.3) is 0 Å². The molecule has 1 aromatic carbocycles. The molecule has 0 radical (unpaired) electrons. The standard InChI is InChI=1S/C13H15Cl3N2O3S/c1-13(2,22-6-10(17)19)18-11(20)5-21-12-8(15)3-7(14)4-9(12)16/h3-4H,5-6H2,1-2H3,(H2,17,19)(H,18,20). The number of halogens is 3. The number of carbonyl (C=O) groups excluding carboxylic acids is 2. The Morgan fingerprint density at radius 2 is 1.82 bits per heavy atom. The lowest BCUT2D eigenvalue weighted by atomic mass is 10.3. The maximum atomic E-state index is 11.9. The van der Waals surface area contributed by atoms with Crippen molar-refractivity contribution in [3.8, 4) is 5.75 Å². The van der Waals surface area contributed by atoms with Crippen molar-refractivity contribution in [1.82, 2.24) is 5.32 Å². The molecule has 0 aliphatic carbocycles. The third-order valence-corrected chi connectivity index (χ3v) is 4.36. The molecule has 0 bridgehead atoms. The van der Waals surface area contributed by atoms with Crippen LogP contribution in [0.4, 0.5) is 0 Å². The Kier molecular flexibility index (Phi) is 7.12. The molecule has 5 nitrogen and oxygen atoms in total. The fraction of sp³-hybridized carbons (Fsp3) is 0.385. The van der Waals surface area contributed by atoms with Gasteiger partial charge in [-0.3, -0.25) is 9.59 Å². The van der Waals surface area contributed by atoms with Gasteiger partial charge in [0.1, 0.15) is 0 Å². The first-order chi connectivity index (χ1) is 10.1. The molecule has 1 rings (SSSR count). The van der Waals surface area contributed by atoms with Crippen LogP contribution in [0.5, 0.6) is 5.75 Å². The molecule has 0 unspecified atom stereocenters. The largest absolute Gasteiger partial charge is 0.481 e. The number of carbonyl (C=O) groups is 2. The van der Waals surface area contributed by atoms with E-state index in [2.05, 4.69) is 5.32 Å². The van der Waals surface area contributed by atoms with Crippen molar-refractivity contribution in [1.29, 1.82) is 0 Å². The number of hydrogen-bond acceptors (Lipinski definition) is 4. The summed E-state index contributed by atoms with van der Waals surface area (Å²) in [6.45, 7) is 3.23. The summed E-state index contributed by atoms with van der Waals surface area (Å²) in [7, 11) is 0. The molecule has 1 aromatic rings. The van der Waals surface area contributed by atoms with Crippen molar-refractivity contribution in [2.75, 3.05) is 12.4 Å². The van der Waals surface area contributed by atoms with Crippen LogP contribution in [-0.2, 0) is 9.59 Å². The van der Waals surface area contributed by atoms with E-state index in [0.29, 0.717) is 5.02 Å². The lowest BCUT2D eigenvalue weighted by Gasteiger charge is -2.25. The molecule has 3 N–H and O–H groups in total. The van der Waals surface area contributed by atoms with Crippen LogP contribution < -0.4 is 15.8 Å². The molecule has 0 saturated heterocycles. The highest BCUT2D eigenvalue weighted by Crippen LogP contribution is 2.35. The number of thioether (sulfide) groups is 1. The first-order valence-electron chi connectivity index (χ1n) is 6.11. The number of nitrogens with one attached hydrogen (secondary N) is 1. The molecule has 0 aliphatic rings. The van der Waals surface area contributed by atoms with Crippen molar-refractivity contribution in [3.05, 3.63) is 27.2 Å². The summed E-state index contributed by atoms with van der Waals surface area (Å²) in [4.78, 5) is 22.0. The Balaban J connectivity index is 2.58. The van der Waals surface area contributed by atoms with E-state index in [1.54, 1.807) is 13.8 Å². The third-order valence-electron chi connectivity index (χ3n) is 2.33. The van der Waals surface area contributed by atoms with Gasteiger partial charge in [-0.05, 0) is 26.0 Å². The second-order valence-corrected chi connectivity index (χ2v) is 7.65. The Bertz CT molecular complexity index is 559. The van der Waals surface area contributed by atoms with Crippen LogP contribution in [0.1, 0.15) is 13.8 Å². The van der Waals surface area contributed by atoms with E-state index in [1.807, 2.05) is 0 Å². The molecule has 0 aliphatic heterocycles. The maximum absolute atomic E-state index is 11.9. The quantitative estimate of drug-likeness (QED) is 0.707. The van der Waals surface area contributed by atoms with E-state index in [1.165, 1.54) is 23.9 Å². The molecular formula is C13H15Cl3N2O3S. The van der Waals surface area contributed by atoms with Gasteiger partial charge in [-0.25, -0.2) is 0 Å². The topological polar surface area (TPSA) is 81.4 Å². The van der Waals surface area contributed by atoms with Crippen LogP contribution in [0.3, 0.4) is 0 Å². The smallest absolute Gasteiger partial charge is 0.259 e. The monoisotopic (exact) mass is 384 g/mol.